The number of halogens is 2. The monoisotopic (exact) mass is 488 g/mol. The molecule has 0 aliphatic carbocycles. The van der Waals surface area contributed by atoms with Gasteiger partial charge in [0, 0.05) is 11.8 Å². The summed E-state index contributed by atoms with van der Waals surface area (Å²) in [6.07, 6.45) is 2.08. The quantitative estimate of drug-likeness (QED) is 0.530. The van der Waals surface area contributed by atoms with Crippen LogP contribution < -0.4 is 24.2 Å². The largest absolute Gasteiger partial charge is 0.486 e. The molecule has 174 valence electrons. The number of hydrogen-bond acceptors (Lipinski definition) is 7. The first-order chi connectivity index (χ1) is 15.3. The molecule has 2 aromatic rings. The standard InChI is InChI=1S/C20H22F2N2O6S2/c1-31-11-8-16(19(25)23-13-2-4-14(5-3-13)30-20(21)22)24-32(26,27)15-6-7-17-18(12-15)29-10-9-28-17/h2-7,12,16,20,24H,8-11H2,1H3,(H,23,25). The van der Waals surface area contributed by atoms with Crippen molar-refractivity contribution in [2.75, 3.05) is 30.5 Å². The summed E-state index contributed by atoms with van der Waals surface area (Å²) in [6, 6.07) is 8.49. The highest BCUT2D eigenvalue weighted by atomic mass is 32.2. The summed E-state index contributed by atoms with van der Waals surface area (Å²) in [4.78, 5) is 12.7. The van der Waals surface area contributed by atoms with Gasteiger partial charge in [0.05, 0.1) is 4.90 Å². The maximum Gasteiger partial charge on any atom is 0.387 e. The lowest BCUT2D eigenvalue weighted by Crippen LogP contribution is -2.44. The van der Waals surface area contributed by atoms with Crippen LogP contribution in [0, 0.1) is 0 Å². The van der Waals surface area contributed by atoms with Gasteiger partial charge in [0.15, 0.2) is 11.5 Å². The molecule has 1 aliphatic heterocycles. The van der Waals surface area contributed by atoms with Gasteiger partial charge in [-0.05, 0) is 54.8 Å². The fourth-order valence-corrected chi connectivity index (χ4v) is 4.59. The molecule has 0 fully saturated rings. The molecule has 1 aliphatic rings. The first kappa shape index (κ1) is 24.1. The molecule has 1 amide bonds. The summed E-state index contributed by atoms with van der Waals surface area (Å²) in [5.74, 6) is 0.656. The molecule has 0 radical (unpaired) electrons. The molecule has 1 heterocycles. The molecule has 0 saturated heterocycles. The van der Waals surface area contributed by atoms with Crippen LogP contribution in [0.5, 0.6) is 17.2 Å². The summed E-state index contributed by atoms with van der Waals surface area (Å²) in [5, 5.41) is 2.59. The number of carbonyl (C=O) groups is 1. The van der Waals surface area contributed by atoms with Gasteiger partial charge in [-0.3, -0.25) is 4.79 Å². The molecule has 0 saturated carbocycles. The summed E-state index contributed by atoms with van der Waals surface area (Å²) in [5.41, 5.74) is 0.310. The van der Waals surface area contributed by atoms with Gasteiger partial charge in [-0.2, -0.15) is 25.3 Å². The van der Waals surface area contributed by atoms with Gasteiger partial charge in [-0.1, -0.05) is 0 Å². The Morgan fingerprint density at radius 2 is 1.81 bits per heavy atom. The smallest absolute Gasteiger partial charge is 0.387 e. The SMILES string of the molecule is CSCCC(NS(=O)(=O)c1ccc2c(c1)OCCO2)C(=O)Nc1ccc(OC(F)F)cc1. The van der Waals surface area contributed by atoms with Crippen LogP contribution in [0.15, 0.2) is 47.4 Å². The fraction of sp³-hybridized carbons (Fsp3) is 0.350. The molecule has 32 heavy (non-hydrogen) atoms. The molecule has 0 spiro atoms. The Morgan fingerprint density at radius 1 is 1.12 bits per heavy atom. The average molecular weight is 489 g/mol. The second-order valence-corrected chi connectivity index (χ2v) is 9.35. The number of carbonyl (C=O) groups excluding carboxylic acids is 1. The number of anilines is 1. The predicted octanol–water partition coefficient (Wildman–Crippen LogP) is 3.10. The molecule has 1 unspecified atom stereocenters. The van der Waals surface area contributed by atoms with E-state index in [2.05, 4.69) is 14.8 Å². The van der Waals surface area contributed by atoms with Crippen molar-refractivity contribution in [1.29, 1.82) is 0 Å². The lowest BCUT2D eigenvalue weighted by Gasteiger charge is -2.21. The number of amides is 1. The minimum absolute atomic E-state index is 0.0581. The van der Waals surface area contributed by atoms with Crippen molar-refractivity contribution >= 4 is 33.4 Å². The first-order valence-corrected chi connectivity index (χ1v) is 12.4. The van der Waals surface area contributed by atoms with E-state index in [0.29, 0.717) is 36.2 Å². The lowest BCUT2D eigenvalue weighted by molar-refractivity contribution is -0.117. The number of sulfonamides is 1. The van der Waals surface area contributed by atoms with Crippen LogP contribution in [0.25, 0.3) is 0 Å². The van der Waals surface area contributed by atoms with E-state index in [-0.39, 0.29) is 17.1 Å². The Morgan fingerprint density at radius 3 is 2.47 bits per heavy atom. The molecule has 2 aromatic carbocycles. The lowest BCUT2D eigenvalue weighted by atomic mass is 10.2. The average Bonchev–Trinajstić information content (AvgIpc) is 2.77. The van der Waals surface area contributed by atoms with Crippen LogP contribution in [0.1, 0.15) is 6.42 Å². The third-order valence-electron chi connectivity index (χ3n) is 4.40. The van der Waals surface area contributed by atoms with Crippen LogP contribution in [0.3, 0.4) is 0 Å². The van der Waals surface area contributed by atoms with Crippen LogP contribution in [-0.2, 0) is 14.8 Å². The molecular weight excluding hydrogens is 466 g/mol. The van der Waals surface area contributed by atoms with Crippen molar-refractivity contribution in [2.45, 2.75) is 24.0 Å². The van der Waals surface area contributed by atoms with E-state index in [1.165, 1.54) is 54.2 Å². The van der Waals surface area contributed by atoms with Crippen LogP contribution >= 0.6 is 11.8 Å². The molecule has 0 aromatic heterocycles. The Labute approximate surface area is 188 Å². The number of thioether (sulfide) groups is 1. The highest BCUT2D eigenvalue weighted by Gasteiger charge is 2.27. The summed E-state index contributed by atoms with van der Waals surface area (Å²) < 4.78 is 67.9. The summed E-state index contributed by atoms with van der Waals surface area (Å²) in [6.45, 7) is -2.27. The number of rotatable bonds is 10. The zero-order chi connectivity index (χ0) is 23.1. The van der Waals surface area contributed by atoms with Gasteiger partial charge in [0.1, 0.15) is 25.0 Å². The third kappa shape index (κ3) is 6.47. The minimum Gasteiger partial charge on any atom is -0.486 e. The van der Waals surface area contributed by atoms with Crippen LogP contribution in [0.4, 0.5) is 14.5 Å². The molecule has 0 bridgehead atoms. The van der Waals surface area contributed by atoms with E-state index in [0.717, 1.165) is 0 Å². The number of hydrogen-bond donors (Lipinski definition) is 2. The molecular formula is C20H22F2N2O6S2. The predicted molar refractivity (Wildman–Crippen MR) is 116 cm³/mol. The van der Waals surface area contributed by atoms with E-state index in [4.69, 9.17) is 9.47 Å². The van der Waals surface area contributed by atoms with Crippen LogP contribution in [0.2, 0.25) is 0 Å². The van der Waals surface area contributed by atoms with Crippen molar-refractivity contribution in [3.63, 3.8) is 0 Å². The first-order valence-electron chi connectivity index (χ1n) is 9.55. The molecule has 1 atom stereocenters. The van der Waals surface area contributed by atoms with Gasteiger partial charge < -0.3 is 19.5 Å². The normalized spacial score (nSPS) is 14.1. The summed E-state index contributed by atoms with van der Waals surface area (Å²) in [7, 11) is -4.04. The maximum absolute atomic E-state index is 12.9. The molecule has 8 nitrogen and oxygen atoms in total. The van der Waals surface area contributed by atoms with E-state index < -0.39 is 28.6 Å². The number of ether oxygens (including phenoxy) is 3. The highest BCUT2D eigenvalue weighted by Crippen LogP contribution is 2.32. The summed E-state index contributed by atoms with van der Waals surface area (Å²) >= 11 is 1.46. The number of benzene rings is 2. The topological polar surface area (TPSA) is 103 Å². The zero-order valence-electron chi connectivity index (χ0n) is 17.0. The van der Waals surface area contributed by atoms with Crippen molar-refractivity contribution in [1.82, 2.24) is 4.72 Å². The Bertz CT molecular complexity index is 1030. The van der Waals surface area contributed by atoms with E-state index in [9.17, 15) is 22.0 Å². The minimum atomic E-state index is -4.04. The van der Waals surface area contributed by atoms with Crippen molar-refractivity contribution < 1.29 is 36.2 Å². The van der Waals surface area contributed by atoms with Gasteiger partial charge in [-0.25, -0.2) is 8.42 Å². The van der Waals surface area contributed by atoms with E-state index >= 15 is 0 Å². The molecule has 12 heteroatoms. The Kier molecular flexibility index (Phi) is 8.15. The number of nitrogens with one attached hydrogen (secondary N) is 2. The van der Waals surface area contributed by atoms with Gasteiger partial charge in [-0.15, -0.1) is 0 Å². The zero-order valence-corrected chi connectivity index (χ0v) is 18.7. The van der Waals surface area contributed by atoms with Crippen LogP contribution in [-0.4, -0.2) is 52.2 Å². The highest BCUT2D eigenvalue weighted by molar-refractivity contribution is 7.98. The van der Waals surface area contributed by atoms with Crippen molar-refractivity contribution in [3.05, 3.63) is 42.5 Å². The molecule has 2 N–H and O–H groups in total. The second kappa shape index (κ2) is 10.8. The van der Waals surface area contributed by atoms with Gasteiger partial charge in [0.25, 0.3) is 0 Å². The van der Waals surface area contributed by atoms with E-state index in [1.54, 1.807) is 0 Å². The third-order valence-corrected chi connectivity index (χ3v) is 6.51. The van der Waals surface area contributed by atoms with Crippen molar-refractivity contribution in [2.24, 2.45) is 0 Å². The Hall–Kier alpha value is -2.57. The number of fused-ring (bicyclic) bond motifs is 1. The fourth-order valence-electron chi connectivity index (χ4n) is 2.87. The maximum atomic E-state index is 12.9. The molecule has 3 rings (SSSR count). The second-order valence-electron chi connectivity index (χ2n) is 6.65. The van der Waals surface area contributed by atoms with Crippen molar-refractivity contribution in [3.8, 4) is 17.2 Å². The van der Waals surface area contributed by atoms with Gasteiger partial charge in [0.2, 0.25) is 15.9 Å². The van der Waals surface area contributed by atoms with Gasteiger partial charge >= 0.3 is 6.61 Å². The Balaban J connectivity index is 1.73. The number of alkyl halides is 2. The van der Waals surface area contributed by atoms with E-state index in [1.807, 2.05) is 6.26 Å².